The van der Waals surface area contributed by atoms with Crippen LogP contribution >= 0.6 is 23.5 Å². The maximum absolute atomic E-state index is 14.1. The van der Waals surface area contributed by atoms with Crippen LogP contribution in [0.5, 0.6) is 0 Å². The molecule has 150 valence electrons. The van der Waals surface area contributed by atoms with E-state index >= 15 is 0 Å². The first-order chi connectivity index (χ1) is 14.6. The first kappa shape index (κ1) is 22.0. The summed E-state index contributed by atoms with van der Waals surface area (Å²) in [6.07, 6.45) is 2.41. The molecule has 0 aliphatic heterocycles. The van der Waals surface area contributed by atoms with Gasteiger partial charge >= 0.3 is 0 Å². The summed E-state index contributed by atoms with van der Waals surface area (Å²) in [6, 6.07) is 17.9. The Labute approximate surface area is 184 Å². The second-order valence-corrected chi connectivity index (χ2v) is 8.48. The highest BCUT2D eigenvalue weighted by molar-refractivity contribution is 8.03. The summed E-state index contributed by atoms with van der Waals surface area (Å²) in [7, 11) is 0. The molecular weight excluding hydrogens is 416 g/mol. The van der Waals surface area contributed by atoms with E-state index in [4.69, 9.17) is 5.26 Å². The van der Waals surface area contributed by atoms with Crippen LogP contribution in [0, 0.1) is 34.1 Å². The van der Waals surface area contributed by atoms with Crippen LogP contribution in [0.15, 0.2) is 70.5 Å². The van der Waals surface area contributed by atoms with Crippen molar-refractivity contribution in [3.63, 3.8) is 0 Å². The molecule has 0 bridgehead atoms. The Morgan fingerprint density at radius 2 is 1.40 bits per heavy atom. The molecule has 30 heavy (non-hydrogen) atoms. The monoisotopic (exact) mass is 435 g/mol. The molecule has 0 saturated heterocycles. The van der Waals surface area contributed by atoms with Crippen molar-refractivity contribution in [2.24, 2.45) is 0 Å². The van der Waals surface area contributed by atoms with Crippen LogP contribution in [0.4, 0.5) is 8.78 Å². The SMILES string of the molecule is CCCCSc1ccc(C#Cc2ccc(-c3cc(F)c(SC#N)c(F)c3)cc2)cc1. The zero-order valence-electron chi connectivity index (χ0n) is 16.4. The van der Waals surface area contributed by atoms with Gasteiger partial charge in [0, 0.05) is 16.0 Å². The van der Waals surface area contributed by atoms with E-state index in [1.165, 1.54) is 29.9 Å². The Morgan fingerprint density at radius 1 is 0.833 bits per heavy atom. The van der Waals surface area contributed by atoms with Crippen LogP contribution in [0.3, 0.4) is 0 Å². The van der Waals surface area contributed by atoms with Gasteiger partial charge in [-0.1, -0.05) is 37.3 Å². The van der Waals surface area contributed by atoms with Crippen LogP contribution in [0.25, 0.3) is 11.1 Å². The number of hydrogen-bond donors (Lipinski definition) is 0. The number of nitriles is 1. The summed E-state index contributed by atoms with van der Waals surface area (Å²) in [5, 5.41) is 10.3. The third kappa shape index (κ3) is 5.89. The predicted octanol–water partition coefficient (Wildman–Crippen LogP) is 7.50. The smallest absolute Gasteiger partial charge is 0.141 e. The molecule has 0 saturated carbocycles. The van der Waals surface area contributed by atoms with Gasteiger partial charge in [-0.3, -0.25) is 0 Å². The first-order valence-corrected chi connectivity index (χ1v) is 11.3. The van der Waals surface area contributed by atoms with Crippen molar-refractivity contribution in [2.45, 2.75) is 29.6 Å². The van der Waals surface area contributed by atoms with Crippen LogP contribution in [0.2, 0.25) is 0 Å². The normalized spacial score (nSPS) is 10.2. The molecular formula is C25H19F2NS2. The average Bonchev–Trinajstić information content (AvgIpc) is 2.76. The molecule has 0 atom stereocenters. The fourth-order valence-corrected chi connectivity index (χ4v) is 4.13. The van der Waals surface area contributed by atoms with E-state index in [1.807, 2.05) is 36.0 Å². The van der Waals surface area contributed by atoms with E-state index in [0.29, 0.717) is 22.9 Å². The standard InChI is InChI=1S/C25H19F2NS2/c1-2-3-14-29-22-12-8-19(9-13-22)5-4-18-6-10-20(11-7-18)21-15-23(26)25(30-17-28)24(27)16-21/h6-13,15-16H,2-3,14H2,1H3. The molecule has 0 radical (unpaired) electrons. The van der Waals surface area contributed by atoms with Gasteiger partial charge in [-0.05, 0) is 83.6 Å². The van der Waals surface area contributed by atoms with E-state index in [-0.39, 0.29) is 4.90 Å². The van der Waals surface area contributed by atoms with Crippen LogP contribution in [-0.2, 0) is 0 Å². The number of thiocyanates is 1. The Hall–Kier alpha value is -2.73. The van der Waals surface area contributed by atoms with E-state index in [9.17, 15) is 8.78 Å². The number of halogens is 2. The van der Waals surface area contributed by atoms with Crippen molar-refractivity contribution >= 4 is 23.5 Å². The molecule has 0 amide bonds. The van der Waals surface area contributed by atoms with E-state index < -0.39 is 11.6 Å². The summed E-state index contributed by atoms with van der Waals surface area (Å²) < 4.78 is 28.1. The first-order valence-electron chi connectivity index (χ1n) is 9.51. The van der Waals surface area contributed by atoms with Gasteiger partial charge in [0.2, 0.25) is 0 Å². The average molecular weight is 436 g/mol. The van der Waals surface area contributed by atoms with Gasteiger partial charge in [0.1, 0.15) is 17.0 Å². The maximum atomic E-state index is 14.1. The lowest BCUT2D eigenvalue weighted by Crippen LogP contribution is -1.89. The van der Waals surface area contributed by atoms with Crippen molar-refractivity contribution in [1.82, 2.24) is 0 Å². The minimum Gasteiger partial charge on any atom is -0.206 e. The van der Waals surface area contributed by atoms with Crippen molar-refractivity contribution in [3.05, 3.63) is 83.4 Å². The number of thioether (sulfide) groups is 2. The predicted molar refractivity (Wildman–Crippen MR) is 121 cm³/mol. The summed E-state index contributed by atoms with van der Waals surface area (Å²) in [5.74, 6) is 5.91. The third-order valence-corrected chi connectivity index (χ3v) is 6.12. The van der Waals surface area contributed by atoms with E-state index in [1.54, 1.807) is 17.5 Å². The van der Waals surface area contributed by atoms with Gasteiger partial charge in [0.15, 0.2) is 0 Å². The molecule has 0 spiro atoms. The molecule has 0 aliphatic rings. The lowest BCUT2D eigenvalue weighted by Gasteiger charge is -2.06. The van der Waals surface area contributed by atoms with Gasteiger partial charge < -0.3 is 0 Å². The highest BCUT2D eigenvalue weighted by Gasteiger charge is 2.12. The van der Waals surface area contributed by atoms with Gasteiger partial charge in [-0.15, -0.1) is 11.8 Å². The topological polar surface area (TPSA) is 23.8 Å². The maximum Gasteiger partial charge on any atom is 0.141 e. The molecule has 3 rings (SSSR count). The molecule has 0 heterocycles. The summed E-state index contributed by atoms with van der Waals surface area (Å²) >= 11 is 2.34. The number of unbranched alkanes of at least 4 members (excludes halogenated alkanes) is 1. The van der Waals surface area contributed by atoms with Crippen molar-refractivity contribution in [2.75, 3.05) is 5.75 Å². The highest BCUT2D eigenvalue weighted by Crippen LogP contribution is 2.30. The quantitative estimate of drug-likeness (QED) is 0.173. The largest absolute Gasteiger partial charge is 0.206 e. The fourth-order valence-electron chi connectivity index (χ4n) is 2.73. The molecule has 1 nitrogen and oxygen atoms in total. The van der Waals surface area contributed by atoms with Crippen LogP contribution in [0.1, 0.15) is 30.9 Å². The molecule has 3 aromatic rings. The molecule has 5 heteroatoms. The second-order valence-electron chi connectivity index (χ2n) is 6.52. The number of benzene rings is 3. The third-order valence-electron chi connectivity index (χ3n) is 4.34. The van der Waals surface area contributed by atoms with Gasteiger partial charge in [0.25, 0.3) is 0 Å². The molecule has 0 fully saturated rings. The minimum atomic E-state index is -0.739. The Kier molecular flexibility index (Phi) is 7.97. The zero-order chi connectivity index (χ0) is 21.3. The Balaban J connectivity index is 1.71. The van der Waals surface area contributed by atoms with Crippen molar-refractivity contribution in [3.8, 4) is 28.4 Å². The van der Waals surface area contributed by atoms with E-state index in [0.717, 1.165) is 16.9 Å². The van der Waals surface area contributed by atoms with Crippen molar-refractivity contribution in [1.29, 1.82) is 5.26 Å². The Bertz CT molecular complexity index is 1080. The molecule has 0 aliphatic carbocycles. The second kappa shape index (κ2) is 10.9. The summed E-state index contributed by atoms with van der Waals surface area (Å²) in [6.45, 7) is 2.19. The summed E-state index contributed by atoms with van der Waals surface area (Å²) in [4.78, 5) is 0.968. The number of nitrogens with zero attached hydrogens (tertiary/aromatic N) is 1. The zero-order valence-corrected chi connectivity index (χ0v) is 18.0. The van der Waals surface area contributed by atoms with Crippen molar-refractivity contribution < 1.29 is 8.78 Å². The minimum absolute atomic E-state index is 0.279. The molecule has 0 unspecified atom stereocenters. The molecule has 3 aromatic carbocycles. The van der Waals surface area contributed by atoms with Gasteiger partial charge in [-0.2, -0.15) is 5.26 Å². The van der Waals surface area contributed by atoms with E-state index in [2.05, 4.69) is 30.9 Å². The number of rotatable bonds is 6. The fraction of sp³-hybridized carbons (Fsp3) is 0.160. The number of hydrogen-bond acceptors (Lipinski definition) is 3. The highest BCUT2D eigenvalue weighted by atomic mass is 32.2. The lowest BCUT2D eigenvalue weighted by molar-refractivity contribution is 0.542. The summed E-state index contributed by atoms with van der Waals surface area (Å²) in [5.41, 5.74) is 2.86. The van der Waals surface area contributed by atoms with Crippen LogP contribution in [-0.4, -0.2) is 5.75 Å². The van der Waals surface area contributed by atoms with Gasteiger partial charge in [-0.25, -0.2) is 8.78 Å². The Morgan fingerprint density at radius 3 is 1.93 bits per heavy atom. The molecule has 0 N–H and O–H groups in total. The van der Waals surface area contributed by atoms with Gasteiger partial charge in [0.05, 0.1) is 4.90 Å². The lowest BCUT2D eigenvalue weighted by atomic mass is 10.0. The van der Waals surface area contributed by atoms with Crippen LogP contribution < -0.4 is 0 Å². The molecule has 0 aromatic heterocycles.